The standard InChI is InChI=1S/C18H22N2O3S/c1-3-15-16(21)19-18(22)20(12-8-9-13-23-4-2)17(15)24-14-10-6-5-7-11-14/h5-11H,3-4,12-13H2,1-2H3,(H,19,21,22). The summed E-state index contributed by atoms with van der Waals surface area (Å²) in [5.74, 6) is 0. The van der Waals surface area contributed by atoms with Crippen LogP contribution in [-0.4, -0.2) is 22.8 Å². The van der Waals surface area contributed by atoms with E-state index >= 15 is 0 Å². The Hall–Kier alpha value is -2.05. The molecule has 1 aromatic heterocycles. The van der Waals surface area contributed by atoms with Crippen molar-refractivity contribution in [2.75, 3.05) is 13.2 Å². The normalized spacial score (nSPS) is 11.2. The molecule has 1 aromatic carbocycles. The fourth-order valence-corrected chi connectivity index (χ4v) is 3.37. The van der Waals surface area contributed by atoms with Crippen LogP contribution >= 0.6 is 11.8 Å². The Morgan fingerprint density at radius 2 is 1.92 bits per heavy atom. The third-order valence-electron chi connectivity index (χ3n) is 3.43. The molecule has 0 aliphatic carbocycles. The maximum Gasteiger partial charge on any atom is 0.329 e. The lowest BCUT2D eigenvalue weighted by atomic mass is 10.2. The summed E-state index contributed by atoms with van der Waals surface area (Å²) in [4.78, 5) is 27.8. The van der Waals surface area contributed by atoms with Gasteiger partial charge in [-0.3, -0.25) is 14.3 Å². The van der Waals surface area contributed by atoms with Gasteiger partial charge < -0.3 is 4.74 Å². The van der Waals surface area contributed by atoms with Crippen LogP contribution in [-0.2, 0) is 17.7 Å². The molecule has 0 aliphatic heterocycles. The highest BCUT2D eigenvalue weighted by Crippen LogP contribution is 2.28. The third kappa shape index (κ3) is 4.72. The summed E-state index contributed by atoms with van der Waals surface area (Å²) in [6, 6.07) is 9.74. The Labute approximate surface area is 145 Å². The lowest BCUT2D eigenvalue weighted by molar-refractivity contribution is 0.177. The second-order valence-corrected chi connectivity index (χ2v) is 6.12. The van der Waals surface area contributed by atoms with Gasteiger partial charge in [0.25, 0.3) is 5.56 Å². The zero-order valence-electron chi connectivity index (χ0n) is 14.0. The monoisotopic (exact) mass is 346 g/mol. The van der Waals surface area contributed by atoms with E-state index in [1.807, 2.05) is 56.3 Å². The fraction of sp³-hybridized carbons (Fsp3) is 0.333. The smallest absolute Gasteiger partial charge is 0.329 e. The summed E-state index contributed by atoms with van der Waals surface area (Å²) in [5.41, 5.74) is -0.0752. The highest BCUT2D eigenvalue weighted by molar-refractivity contribution is 7.99. The lowest BCUT2D eigenvalue weighted by Crippen LogP contribution is -2.33. The van der Waals surface area contributed by atoms with Crippen LogP contribution in [0.2, 0.25) is 0 Å². The summed E-state index contributed by atoms with van der Waals surface area (Å²) in [5, 5.41) is 0.693. The van der Waals surface area contributed by atoms with Crippen molar-refractivity contribution in [3.63, 3.8) is 0 Å². The molecule has 0 saturated heterocycles. The van der Waals surface area contributed by atoms with Gasteiger partial charge in [-0.15, -0.1) is 0 Å². The van der Waals surface area contributed by atoms with E-state index in [9.17, 15) is 9.59 Å². The topological polar surface area (TPSA) is 64.1 Å². The van der Waals surface area contributed by atoms with Crippen LogP contribution in [0.3, 0.4) is 0 Å². The summed E-state index contributed by atoms with van der Waals surface area (Å²) in [6.07, 6.45) is 4.32. The summed E-state index contributed by atoms with van der Waals surface area (Å²) in [7, 11) is 0. The molecule has 0 aliphatic rings. The first-order valence-electron chi connectivity index (χ1n) is 7.99. The summed E-state index contributed by atoms with van der Waals surface area (Å²) >= 11 is 1.44. The van der Waals surface area contributed by atoms with Crippen molar-refractivity contribution in [3.05, 3.63) is 68.9 Å². The number of aromatic amines is 1. The minimum atomic E-state index is -0.392. The van der Waals surface area contributed by atoms with Crippen molar-refractivity contribution in [1.82, 2.24) is 9.55 Å². The van der Waals surface area contributed by atoms with Crippen LogP contribution in [0.25, 0.3) is 0 Å². The molecular weight excluding hydrogens is 324 g/mol. The molecule has 2 aromatic rings. The molecule has 1 N–H and O–H groups in total. The molecule has 0 fully saturated rings. The molecule has 128 valence electrons. The molecule has 0 atom stereocenters. The number of hydrogen-bond donors (Lipinski definition) is 1. The summed E-state index contributed by atoms with van der Waals surface area (Å²) < 4.78 is 6.85. The number of benzene rings is 1. The quantitative estimate of drug-likeness (QED) is 0.453. The number of H-pyrrole nitrogens is 1. The molecule has 2 rings (SSSR count). The average Bonchev–Trinajstić information content (AvgIpc) is 2.58. The van der Waals surface area contributed by atoms with Gasteiger partial charge in [0.1, 0.15) is 0 Å². The van der Waals surface area contributed by atoms with E-state index in [-0.39, 0.29) is 5.56 Å². The fourth-order valence-electron chi connectivity index (χ4n) is 2.22. The molecule has 6 heteroatoms. The van der Waals surface area contributed by atoms with Crippen LogP contribution in [0.5, 0.6) is 0 Å². The molecule has 0 unspecified atom stereocenters. The number of rotatable bonds is 8. The van der Waals surface area contributed by atoms with Crippen LogP contribution in [0.4, 0.5) is 0 Å². The second-order valence-electron chi connectivity index (χ2n) is 5.05. The minimum absolute atomic E-state index is 0.310. The highest BCUT2D eigenvalue weighted by Gasteiger charge is 2.14. The Morgan fingerprint density at radius 3 is 2.58 bits per heavy atom. The summed E-state index contributed by atoms with van der Waals surface area (Å²) in [6.45, 7) is 5.40. The predicted molar refractivity (Wildman–Crippen MR) is 96.9 cm³/mol. The van der Waals surface area contributed by atoms with Gasteiger partial charge in [0.05, 0.1) is 11.6 Å². The number of nitrogens with one attached hydrogen (secondary N) is 1. The molecule has 5 nitrogen and oxygen atoms in total. The first-order chi connectivity index (χ1) is 11.7. The van der Waals surface area contributed by atoms with Crippen molar-refractivity contribution in [1.29, 1.82) is 0 Å². The highest BCUT2D eigenvalue weighted by atomic mass is 32.2. The molecule has 0 amide bonds. The number of ether oxygens (including phenoxy) is 1. The van der Waals surface area contributed by atoms with Crippen molar-refractivity contribution >= 4 is 11.8 Å². The van der Waals surface area contributed by atoms with E-state index in [2.05, 4.69) is 4.98 Å². The van der Waals surface area contributed by atoms with Crippen LogP contribution in [0.1, 0.15) is 19.4 Å². The maximum absolute atomic E-state index is 12.3. The average molecular weight is 346 g/mol. The first kappa shape index (κ1) is 18.3. The third-order valence-corrected chi connectivity index (χ3v) is 4.60. The zero-order valence-corrected chi connectivity index (χ0v) is 14.8. The van der Waals surface area contributed by atoms with Gasteiger partial charge in [-0.25, -0.2) is 4.79 Å². The number of allylic oxidation sites excluding steroid dienone is 1. The van der Waals surface area contributed by atoms with Gasteiger partial charge in [-0.05, 0) is 25.5 Å². The van der Waals surface area contributed by atoms with E-state index in [1.165, 1.54) is 11.8 Å². The minimum Gasteiger partial charge on any atom is -0.378 e. The number of hydrogen-bond acceptors (Lipinski definition) is 4. The van der Waals surface area contributed by atoms with Gasteiger partial charge in [-0.2, -0.15) is 0 Å². The second kappa shape index (κ2) is 9.30. The SMILES string of the molecule is CCOCC=CCn1c(Sc2ccccc2)c(CC)c(=O)[nH]c1=O. The van der Waals surface area contributed by atoms with Crippen molar-refractivity contribution < 1.29 is 4.74 Å². The molecular formula is C18H22N2O3S. The van der Waals surface area contributed by atoms with Gasteiger partial charge in [-0.1, -0.05) is 49.0 Å². The molecule has 0 bridgehead atoms. The van der Waals surface area contributed by atoms with Crippen molar-refractivity contribution in [2.24, 2.45) is 0 Å². The number of aromatic nitrogens is 2. The van der Waals surface area contributed by atoms with E-state index < -0.39 is 5.69 Å². The van der Waals surface area contributed by atoms with Gasteiger partial charge in [0, 0.05) is 23.6 Å². The van der Waals surface area contributed by atoms with E-state index in [4.69, 9.17) is 4.74 Å². The van der Waals surface area contributed by atoms with Crippen LogP contribution < -0.4 is 11.2 Å². The zero-order chi connectivity index (χ0) is 17.4. The van der Waals surface area contributed by atoms with E-state index in [0.717, 1.165) is 4.90 Å². The Bertz CT molecular complexity index is 794. The largest absolute Gasteiger partial charge is 0.378 e. The first-order valence-corrected chi connectivity index (χ1v) is 8.80. The van der Waals surface area contributed by atoms with Crippen LogP contribution in [0, 0.1) is 0 Å². The Balaban J connectivity index is 2.38. The molecule has 0 radical (unpaired) electrons. The molecule has 1 heterocycles. The lowest BCUT2D eigenvalue weighted by Gasteiger charge is -2.13. The molecule has 24 heavy (non-hydrogen) atoms. The van der Waals surface area contributed by atoms with Crippen molar-refractivity contribution in [3.8, 4) is 0 Å². The van der Waals surface area contributed by atoms with Gasteiger partial charge in [0.15, 0.2) is 0 Å². The maximum atomic E-state index is 12.3. The molecule has 0 saturated carbocycles. The van der Waals surface area contributed by atoms with Crippen molar-refractivity contribution in [2.45, 2.75) is 36.7 Å². The van der Waals surface area contributed by atoms with Crippen LogP contribution in [0.15, 0.2) is 62.0 Å². The van der Waals surface area contributed by atoms with Gasteiger partial charge >= 0.3 is 5.69 Å². The Kier molecular flexibility index (Phi) is 7.08. The van der Waals surface area contributed by atoms with Gasteiger partial charge in [0.2, 0.25) is 0 Å². The predicted octanol–water partition coefficient (Wildman–Crippen LogP) is 2.84. The Morgan fingerprint density at radius 1 is 1.17 bits per heavy atom. The number of nitrogens with zero attached hydrogens (tertiary/aromatic N) is 1. The van der Waals surface area contributed by atoms with E-state index in [0.29, 0.717) is 36.8 Å². The molecule has 0 spiro atoms. The van der Waals surface area contributed by atoms with E-state index in [1.54, 1.807) is 4.57 Å².